The molecule has 0 aliphatic heterocycles. The molecule has 0 saturated carbocycles. The number of hydrogen-bond donors (Lipinski definition) is 1. The van der Waals surface area contributed by atoms with Crippen molar-refractivity contribution in [3.05, 3.63) is 60.2 Å². The van der Waals surface area contributed by atoms with E-state index in [1.807, 2.05) is 75.4 Å². The third-order valence-corrected chi connectivity index (χ3v) is 5.12. The van der Waals surface area contributed by atoms with Crippen LogP contribution in [0.25, 0.3) is 11.1 Å². The monoisotopic (exact) mass is 324 g/mol. The second-order valence-electron chi connectivity index (χ2n) is 6.91. The molecular formula is C21H24O3. The average Bonchev–Trinajstić information content (AvgIpc) is 2.60. The number of carboxylic acids is 1. The van der Waals surface area contributed by atoms with Gasteiger partial charge in [-0.1, -0.05) is 82.3 Å². The first-order chi connectivity index (χ1) is 11.2. The zero-order valence-corrected chi connectivity index (χ0v) is 14.6. The van der Waals surface area contributed by atoms with Gasteiger partial charge in [-0.3, -0.25) is 9.59 Å². The van der Waals surface area contributed by atoms with Gasteiger partial charge in [0.25, 0.3) is 0 Å². The van der Waals surface area contributed by atoms with Gasteiger partial charge in [0.2, 0.25) is 0 Å². The van der Waals surface area contributed by atoms with Crippen molar-refractivity contribution in [2.45, 2.75) is 27.7 Å². The smallest absolute Gasteiger partial charge is 0.306 e. The van der Waals surface area contributed by atoms with Gasteiger partial charge in [-0.15, -0.1) is 0 Å². The van der Waals surface area contributed by atoms with Crippen molar-refractivity contribution in [3.8, 4) is 11.1 Å². The van der Waals surface area contributed by atoms with E-state index in [1.165, 1.54) is 0 Å². The highest BCUT2D eigenvalue weighted by Crippen LogP contribution is 2.36. The summed E-state index contributed by atoms with van der Waals surface area (Å²) in [6.45, 7) is 7.13. The number of Topliss-reactive ketones (excluding diaryl/α,β-unsaturated/α-hetero) is 1. The van der Waals surface area contributed by atoms with E-state index < -0.39 is 17.3 Å². The lowest BCUT2D eigenvalue weighted by Crippen LogP contribution is -2.37. The predicted octanol–water partition coefficient (Wildman–Crippen LogP) is 4.92. The second kappa shape index (κ2) is 7.00. The van der Waals surface area contributed by atoms with E-state index in [-0.39, 0.29) is 11.7 Å². The molecule has 0 heterocycles. The van der Waals surface area contributed by atoms with Crippen molar-refractivity contribution in [1.82, 2.24) is 0 Å². The lowest BCUT2D eigenvalue weighted by Gasteiger charge is -2.33. The van der Waals surface area contributed by atoms with Crippen molar-refractivity contribution in [3.63, 3.8) is 0 Å². The summed E-state index contributed by atoms with van der Waals surface area (Å²) in [7, 11) is 0. The van der Waals surface area contributed by atoms with Crippen LogP contribution in [0.15, 0.2) is 54.6 Å². The lowest BCUT2D eigenvalue weighted by molar-refractivity contribution is -0.143. The van der Waals surface area contributed by atoms with Crippen molar-refractivity contribution in [2.75, 3.05) is 0 Å². The van der Waals surface area contributed by atoms with Gasteiger partial charge in [-0.2, -0.15) is 0 Å². The number of hydrogen-bond acceptors (Lipinski definition) is 2. The largest absolute Gasteiger partial charge is 0.481 e. The van der Waals surface area contributed by atoms with E-state index in [0.717, 1.165) is 11.1 Å². The van der Waals surface area contributed by atoms with Crippen LogP contribution in [0.1, 0.15) is 38.1 Å². The van der Waals surface area contributed by atoms with Gasteiger partial charge in [0, 0.05) is 11.0 Å². The maximum atomic E-state index is 12.9. The molecule has 2 unspecified atom stereocenters. The Morgan fingerprint density at radius 3 is 1.88 bits per heavy atom. The molecule has 2 aromatic carbocycles. The molecule has 24 heavy (non-hydrogen) atoms. The van der Waals surface area contributed by atoms with Gasteiger partial charge in [0.05, 0.1) is 5.92 Å². The molecule has 0 bridgehead atoms. The number of carbonyl (C=O) groups excluding carboxylic acids is 1. The highest BCUT2D eigenvalue weighted by atomic mass is 16.4. The number of rotatable bonds is 6. The third-order valence-electron chi connectivity index (χ3n) is 5.12. The zero-order chi connectivity index (χ0) is 17.9. The third kappa shape index (κ3) is 3.56. The van der Waals surface area contributed by atoms with E-state index in [4.69, 9.17) is 0 Å². The second-order valence-corrected chi connectivity index (χ2v) is 6.91. The first-order valence-corrected chi connectivity index (χ1v) is 8.18. The van der Waals surface area contributed by atoms with Crippen LogP contribution in [0.4, 0.5) is 0 Å². The average molecular weight is 324 g/mol. The fraction of sp³-hybridized carbons (Fsp3) is 0.333. The number of ketones is 1. The SMILES string of the molecule is CC(C(=O)O)C(C)C(C)(C)C(=O)c1ccc(-c2ccccc2)cc1. The summed E-state index contributed by atoms with van der Waals surface area (Å²) in [6, 6.07) is 17.5. The van der Waals surface area contributed by atoms with Gasteiger partial charge in [-0.25, -0.2) is 0 Å². The van der Waals surface area contributed by atoms with Gasteiger partial charge in [0.15, 0.2) is 5.78 Å². The van der Waals surface area contributed by atoms with Crippen LogP contribution < -0.4 is 0 Å². The summed E-state index contributed by atoms with van der Waals surface area (Å²) in [6.07, 6.45) is 0. The molecule has 1 N–H and O–H groups in total. The number of carbonyl (C=O) groups is 2. The van der Waals surface area contributed by atoms with Crippen molar-refractivity contribution < 1.29 is 14.7 Å². The summed E-state index contributed by atoms with van der Waals surface area (Å²) in [5.41, 5.74) is 2.02. The number of benzene rings is 2. The molecule has 0 spiro atoms. The molecule has 3 heteroatoms. The van der Waals surface area contributed by atoms with Crippen molar-refractivity contribution in [1.29, 1.82) is 0 Å². The van der Waals surface area contributed by atoms with Crippen molar-refractivity contribution in [2.24, 2.45) is 17.3 Å². The van der Waals surface area contributed by atoms with Gasteiger partial charge < -0.3 is 5.11 Å². The Morgan fingerprint density at radius 1 is 0.875 bits per heavy atom. The number of aliphatic carboxylic acids is 1. The summed E-state index contributed by atoms with van der Waals surface area (Å²) >= 11 is 0. The number of carboxylic acid groups (broad SMARTS) is 1. The maximum absolute atomic E-state index is 12.9. The Balaban J connectivity index is 2.25. The Hall–Kier alpha value is -2.42. The highest BCUT2D eigenvalue weighted by molar-refractivity contribution is 6.00. The molecule has 0 amide bonds. The first kappa shape index (κ1) is 17.9. The normalized spacial score (nSPS) is 14.0. The van der Waals surface area contributed by atoms with Crippen LogP contribution in [-0.2, 0) is 4.79 Å². The van der Waals surface area contributed by atoms with Crippen molar-refractivity contribution >= 4 is 11.8 Å². The fourth-order valence-corrected chi connectivity index (χ4v) is 2.86. The Morgan fingerprint density at radius 2 is 1.38 bits per heavy atom. The summed E-state index contributed by atoms with van der Waals surface area (Å²) in [5.74, 6) is -1.74. The minimum Gasteiger partial charge on any atom is -0.481 e. The van der Waals surface area contributed by atoms with E-state index in [0.29, 0.717) is 5.56 Å². The molecule has 2 atom stereocenters. The summed E-state index contributed by atoms with van der Waals surface area (Å²) in [4.78, 5) is 24.1. The zero-order valence-electron chi connectivity index (χ0n) is 14.6. The molecule has 0 fully saturated rings. The van der Waals surface area contributed by atoms with Crippen LogP contribution in [-0.4, -0.2) is 16.9 Å². The molecule has 2 aromatic rings. The van der Waals surface area contributed by atoms with Gasteiger partial charge in [-0.05, 0) is 17.0 Å². The fourth-order valence-electron chi connectivity index (χ4n) is 2.86. The molecule has 126 valence electrons. The summed E-state index contributed by atoms with van der Waals surface area (Å²) < 4.78 is 0. The molecule has 0 aromatic heterocycles. The maximum Gasteiger partial charge on any atom is 0.306 e. The topological polar surface area (TPSA) is 54.4 Å². The van der Waals surface area contributed by atoms with Crippen LogP contribution in [0, 0.1) is 17.3 Å². The summed E-state index contributed by atoms with van der Waals surface area (Å²) in [5, 5.41) is 9.22. The van der Waals surface area contributed by atoms with Crippen LogP contribution >= 0.6 is 0 Å². The molecule has 2 rings (SSSR count). The van der Waals surface area contributed by atoms with E-state index in [9.17, 15) is 14.7 Å². The first-order valence-electron chi connectivity index (χ1n) is 8.18. The Labute approximate surface area is 143 Å². The molecule has 3 nitrogen and oxygen atoms in total. The molecule has 0 radical (unpaired) electrons. The molecule has 0 saturated heterocycles. The van der Waals surface area contributed by atoms with Gasteiger partial charge >= 0.3 is 5.97 Å². The quantitative estimate of drug-likeness (QED) is 0.767. The Bertz CT molecular complexity index is 715. The highest BCUT2D eigenvalue weighted by Gasteiger charge is 2.39. The molecule has 0 aliphatic rings. The molecular weight excluding hydrogens is 300 g/mol. The minimum absolute atomic E-state index is 0.0253. The van der Waals surface area contributed by atoms with E-state index >= 15 is 0 Å². The van der Waals surface area contributed by atoms with E-state index in [1.54, 1.807) is 6.92 Å². The van der Waals surface area contributed by atoms with Crippen LogP contribution in [0.2, 0.25) is 0 Å². The van der Waals surface area contributed by atoms with E-state index in [2.05, 4.69) is 0 Å². The predicted molar refractivity (Wildman–Crippen MR) is 96.0 cm³/mol. The Kier molecular flexibility index (Phi) is 5.23. The van der Waals surface area contributed by atoms with Crippen LogP contribution in [0.5, 0.6) is 0 Å². The minimum atomic E-state index is -0.872. The molecule has 0 aliphatic carbocycles. The van der Waals surface area contributed by atoms with Crippen LogP contribution in [0.3, 0.4) is 0 Å². The van der Waals surface area contributed by atoms with Gasteiger partial charge in [0.1, 0.15) is 0 Å². The standard InChI is InChI=1S/C21H24O3/c1-14(20(23)24)15(2)21(3,4)19(22)18-12-10-17(11-13-18)16-8-6-5-7-9-16/h5-15H,1-4H3,(H,23,24). The lowest BCUT2D eigenvalue weighted by atomic mass is 9.69.